The quantitative estimate of drug-likeness (QED) is 0.234. The molecule has 7 fully saturated rings. The van der Waals surface area contributed by atoms with Crippen molar-refractivity contribution in [3.8, 4) is 0 Å². The van der Waals surface area contributed by atoms with Gasteiger partial charge in [0.2, 0.25) is 11.8 Å². The highest BCUT2D eigenvalue weighted by molar-refractivity contribution is 5.86. The third kappa shape index (κ3) is 4.99. The van der Waals surface area contributed by atoms with Crippen molar-refractivity contribution in [2.45, 2.75) is 145 Å². The molecule has 2 amide bonds. The first kappa shape index (κ1) is 36.5. The van der Waals surface area contributed by atoms with Gasteiger partial charge in [-0.1, -0.05) is 60.6 Å². The van der Waals surface area contributed by atoms with Crippen LogP contribution in [0.1, 0.15) is 133 Å². The van der Waals surface area contributed by atoms with E-state index in [-0.39, 0.29) is 68.3 Å². The van der Waals surface area contributed by atoms with Crippen LogP contribution in [0.5, 0.6) is 0 Å². The summed E-state index contributed by atoms with van der Waals surface area (Å²) < 4.78 is 11.5. The van der Waals surface area contributed by atoms with Gasteiger partial charge in [0.05, 0.1) is 18.6 Å². The van der Waals surface area contributed by atoms with Gasteiger partial charge in [0.25, 0.3) is 0 Å². The number of ether oxygens (including phenoxy) is 2. The summed E-state index contributed by atoms with van der Waals surface area (Å²) in [4.78, 5) is 42.5. The fraction of sp³-hybridized carbons (Fsp3) is 0.884. The molecular weight excluding hydrogens is 624 g/mol. The second kappa shape index (κ2) is 12.1. The van der Waals surface area contributed by atoms with Gasteiger partial charge >= 0.3 is 5.97 Å². The van der Waals surface area contributed by atoms with Crippen molar-refractivity contribution in [2.75, 3.05) is 26.3 Å². The monoisotopic (exact) mass is 693 g/mol. The van der Waals surface area contributed by atoms with Crippen molar-refractivity contribution in [3.63, 3.8) is 0 Å². The van der Waals surface area contributed by atoms with E-state index in [9.17, 15) is 14.4 Å². The standard InChI is InChI=1S/C43H68N2O5/c1-26(2)28-13-18-43(37(48)44-33-25-30(38(33,4)5)36(47)45-21-23-49-24-22-45)20-19-41(9)29(35(28)43)11-12-32-40(8)16-15-34(50-27(3)46)39(6,7)31(40)14-17-42(32,41)10/h28-35H,1,11-25H2,2-10H3,(H,44,48). The van der Waals surface area contributed by atoms with Gasteiger partial charge in [0.1, 0.15) is 6.10 Å². The minimum atomic E-state index is -0.364. The number of fused-ring (bicyclic) bond motifs is 7. The molecular formula is C43H68N2O5. The molecule has 1 saturated heterocycles. The molecule has 0 aromatic rings. The molecule has 12 unspecified atom stereocenters. The summed E-state index contributed by atoms with van der Waals surface area (Å²) in [6.45, 7) is 27.9. The summed E-state index contributed by atoms with van der Waals surface area (Å²) in [5.41, 5.74) is 1.13. The van der Waals surface area contributed by atoms with Crippen molar-refractivity contribution < 1.29 is 23.9 Å². The molecule has 1 aliphatic heterocycles. The average molecular weight is 693 g/mol. The molecule has 1 N–H and O–H groups in total. The number of hydrogen-bond acceptors (Lipinski definition) is 5. The number of rotatable bonds is 5. The molecule has 0 bridgehead atoms. The summed E-state index contributed by atoms with van der Waals surface area (Å²) >= 11 is 0. The first-order valence-corrected chi connectivity index (χ1v) is 20.3. The Balaban J connectivity index is 1.14. The van der Waals surface area contributed by atoms with Crippen LogP contribution in [-0.4, -0.2) is 61.1 Å². The zero-order valence-corrected chi connectivity index (χ0v) is 32.9. The van der Waals surface area contributed by atoms with E-state index in [2.05, 4.69) is 67.3 Å². The number of nitrogens with zero attached hydrogens (tertiary/aromatic N) is 1. The van der Waals surface area contributed by atoms with Gasteiger partial charge in [0, 0.05) is 37.4 Å². The van der Waals surface area contributed by atoms with Gasteiger partial charge in [-0.15, -0.1) is 0 Å². The van der Waals surface area contributed by atoms with Crippen molar-refractivity contribution >= 4 is 17.8 Å². The van der Waals surface area contributed by atoms with Crippen LogP contribution in [0.2, 0.25) is 0 Å². The third-order valence-electron chi connectivity index (χ3n) is 18.0. The van der Waals surface area contributed by atoms with Gasteiger partial charge in [-0.2, -0.15) is 0 Å². The number of allylic oxidation sites excluding steroid dienone is 1. The molecule has 0 aromatic heterocycles. The normalized spacial score (nSPS) is 47.3. The van der Waals surface area contributed by atoms with E-state index in [1.807, 2.05) is 4.90 Å². The fourth-order valence-corrected chi connectivity index (χ4v) is 14.8. The number of esters is 1. The Labute approximate surface area is 302 Å². The lowest BCUT2D eigenvalue weighted by Gasteiger charge is -2.73. The van der Waals surface area contributed by atoms with Gasteiger partial charge in [-0.3, -0.25) is 14.4 Å². The van der Waals surface area contributed by atoms with Crippen LogP contribution in [0, 0.1) is 68.0 Å². The lowest BCUT2D eigenvalue weighted by Crippen LogP contribution is -2.68. The minimum Gasteiger partial charge on any atom is -0.462 e. The fourth-order valence-electron chi connectivity index (χ4n) is 14.8. The van der Waals surface area contributed by atoms with E-state index in [1.165, 1.54) is 31.3 Å². The predicted molar refractivity (Wildman–Crippen MR) is 196 cm³/mol. The van der Waals surface area contributed by atoms with Crippen LogP contribution in [0.4, 0.5) is 0 Å². The Morgan fingerprint density at radius 2 is 1.48 bits per heavy atom. The zero-order valence-electron chi connectivity index (χ0n) is 32.9. The smallest absolute Gasteiger partial charge is 0.302 e. The minimum absolute atomic E-state index is 0.00797. The van der Waals surface area contributed by atoms with Gasteiger partial charge in [-0.05, 0) is 129 Å². The Morgan fingerprint density at radius 1 is 0.780 bits per heavy atom. The highest BCUT2D eigenvalue weighted by Crippen LogP contribution is 2.77. The molecule has 7 heteroatoms. The van der Waals surface area contributed by atoms with Crippen molar-refractivity contribution in [1.29, 1.82) is 0 Å². The van der Waals surface area contributed by atoms with Crippen LogP contribution < -0.4 is 5.32 Å². The van der Waals surface area contributed by atoms with Crippen LogP contribution in [0.15, 0.2) is 12.2 Å². The number of nitrogens with one attached hydrogen (secondary N) is 1. The maximum Gasteiger partial charge on any atom is 0.302 e. The van der Waals surface area contributed by atoms with Crippen molar-refractivity contribution in [3.05, 3.63) is 12.2 Å². The largest absolute Gasteiger partial charge is 0.462 e. The first-order chi connectivity index (χ1) is 23.3. The molecule has 7 rings (SSSR count). The molecule has 6 aliphatic carbocycles. The van der Waals surface area contributed by atoms with E-state index in [4.69, 9.17) is 9.47 Å². The zero-order chi connectivity index (χ0) is 36.2. The lowest BCUT2D eigenvalue weighted by atomic mass is 9.32. The third-order valence-corrected chi connectivity index (χ3v) is 18.0. The second-order valence-electron chi connectivity index (χ2n) is 20.4. The summed E-state index contributed by atoms with van der Waals surface area (Å²) in [7, 11) is 0. The van der Waals surface area contributed by atoms with Crippen LogP contribution in [0.3, 0.4) is 0 Å². The van der Waals surface area contributed by atoms with Gasteiger partial charge in [-0.25, -0.2) is 0 Å². The van der Waals surface area contributed by atoms with E-state index in [0.29, 0.717) is 55.9 Å². The van der Waals surface area contributed by atoms with Crippen LogP contribution >= 0.6 is 0 Å². The van der Waals surface area contributed by atoms with Gasteiger partial charge in [0.15, 0.2) is 0 Å². The summed E-state index contributed by atoms with van der Waals surface area (Å²) in [6, 6.07) is 0.0196. The Kier molecular flexibility index (Phi) is 8.80. The predicted octanol–water partition coefficient (Wildman–Crippen LogP) is 7.97. The molecule has 1 heterocycles. The Morgan fingerprint density at radius 3 is 2.12 bits per heavy atom. The van der Waals surface area contributed by atoms with E-state index < -0.39 is 0 Å². The second-order valence-corrected chi connectivity index (χ2v) is 20.4. The molecule has 280 valence electrons. The summed E-state index contributed by atoms with van der Waals surface area (Å²) in [5.74, 6) is 2.61. The molecule has 7 aliphatic rings. The SMILES string of the molecule is C=C(C)C1CCC2(C(=O)NC3CC(C(=O)N4CCOCC4)C3(C)C)CCC3(C)C(CCC4C5(C)CCC(OC(C)=O)C(C)(C)C5CCC43C)C12. The summed E-state index contributed by atoms with van der Waals surface area (Å²) in [5, 5.41) is 3.63. The van der Waals surface area contributed by atoms with Crippen molar-refractivity contribution in [2.24, 2.45) is 68.0 Å². The van der Waals surface area contributed by atoms with Gasteiger partial charge < -0.3 is 19.7 Å². The first-order valence-electron chi connectivity index (χ1n) is 20.3. The molecule has 0 spiro atoms. The van der Waals surface area contributed by atoms with Crippen molar-refractivity contribution in [1.82, 2.24) is 10.2 Å². The van der Waals surface area contributed by atoms with E-state index in [1.54, 1.807) is 6.92 Å². The molecule has 6 saturated carbocycles. The maximum absolute atomic E-state index is 14.9. The molecule has 7 nitrogen and oxygen atoms in total. The number of carbonyl (C=O) groups excluding carboxylic acids is 3. The molecule has 50 heavy (non-hydrogen) atoms. The number of hydrogen-bond donors (Lipinski definition) is 1. The van der Waals surface area contributed by atoms with E-state index >= 15 is 0 Å². The lowest BCUT2D eigenvalue weighted by molar-refractivity contribution is -0.249. The van der Waals surface area contributed by atoms with E-state index in [0.717, 1.165) is 44.9 Å². The number of morpholine rings is 1. The summed E-state index contributed by atoms with van der Waals surface area (Å²) in [6.07, 6.45) is 11.6. The Hall–Kier alpha value is -1.89. The van der Waals surface area contributed by atoms with Crippen LogP contribution in [-0.2, 0) is 23.9 Å². The topological polar surface area (TPSA) is 84.9 Å². The maximum atomic E-state index is 14.9. The highest BCUT2D eigenvalue weighted by atomic mass is 16.5. The Bertz CT molecular complexity index is 1420. The number of carbonyl (C=O) groups is 3. The molecule has 12 atom stereocenters. The number of amides is 2. The molecule has 0 aromatic carbocycles. The average Bonchev–Trinajstić information content (AvgIpc) is 3.46. The van der Waals surface area contributed by atoms with Crippen LogP contribution in [0.25, 0.3) is 0 Å². The molecule has 0 radical (unpaired) electrons. The highest BCUT2D eigenvalue weighted by Gasteiger charge is 2.72.